The van der Waals surface area contributed by atoms with Crippen molar-refractivity contribution in [1.82, 2.24) is 24.9 Å². The molecule has 0 N–H and O–H groups in total. The van der Waals surface area contributed by atoms with E-state index in [9.17, 15) is 0 Å². The number of nitrogens with zero attached hydrogens (tertiary/aromatic N) is 5. The number of ether oxygens (including phenoxy) is 1. The van der Waals surface area contributed by atoms with Gasteiger partial charge in [0, 0.05) is 32.8 Å². The molecule has 2 aromatic heterocycles. The van der Waals surface area contributed by atoms with Crippen LogP contribution in [0.25, 0.3) is 0 Å². The summed E-state index contributed by atoms with van der Waals surface area (Å²) in [5.74, 6) is 0. The molecule has 0 bridgehead atoms. The van der Waals surface area contributed by atoms with Crippen LogP contribution in [0.2, 0.25) is 0 Å². The lowest BCUT2D eigenvalue weighted by atomic mass is 10.0. The van der Waals surface area contributed by atoms with Crippen LogP contribution in [0.5, 0.6) is 0 Å². The molecule has 1 aromatic carbocycles. The van der Waals surface area contributed by atoms with Crippen LogP contribution in [-0.2, 0) is 31.4 Å². The standard InChI is InChI=1S/C20H23N5O/c1-24-18-10-12-25(13-17-9-5-6-11-21-17)19(20(18)22-23-24)15-26-14-16-7-3-2-4-8-16/h2-9,11,19H,10,12-15H2,1H3/t19-/m0/s1. The Morgan fingerprint density at radius 3 is 2.77 bits per heavy atom. The third kappa shape index (κ3) is 3.66. The molecule has 1 aliphatic rings. The molecule has 0 saturated carbocycles. The Morgan fingerprint density at radius 1 is 1.12 bits per heavy atom. The first-order valence-corrected chi connectivity index (χ1v) is 8.95. The van der Waals surface area contributed by atoms with E-state index in [-0.39, 0.29) is 6.04 Å². The zero-order valence-corrected chi connectivity index (χ0v) is 15.0. The van der Waals surface area contributed by atoms with E-state index < -0.39 is 0 Å². The summed E-state index contributed by atoms with van der Waals surface area (Å²) in [6.45, 7) is 2.93. The third-order valence-electron chi connectivity index (χ3n) is 4.84. The molecule has 26 heavy (non-hydrogen) atoms. The summed E-state index contributed by atoms with van der Waals surface area (Å²) in [7, 11) is 1.96. The van der Waals surface area contributed by atoms with Gasteiger partial charge < -0.3 is 4.74 Å². The van der Waals surface area contributed by atoms with E-state index in [0.29, 0.717) is 13.2 Å². The molecule has 134 valence electrons. The molecule has 1 atom stereocenters. The highest BCUT2D eigenvalue weighted by Crippen LogP contribution is 2.29. The summed E-state index contributed by atoms with van der Waals surface area (Å²) in [5.41, 5.74) is 4.48. The van der Waals surface area contributed by atoms with E-state index >= 15 is 0 Å². The monoisotopic (exact) mass is 349 g/mol. The van der Waals surface area contributed by atoms with Gasteiger partial charge in [0.05, 0.1) is 30.6 Å². The maximum absolute atomic E-state index is 6.05. The van der Waals surface area contributed by atoms with Gasteiger partial charge in [-0.1, -0.05) is 41.6 Å². The Morgan fingerprint density at radius 2 is 1.96 bits per heavy atom. The molecule has 0 aliphatic carbocycles. The van der Waals surface area contributed by atoms with E-state index in [1.54, 1.807) is 0 Å². The maximum Gasteiger partial charge on any atom is 0.105 e. The smallest absolute Gasteiger partial charge is 0.105 e. The zero-order chi connectivity index (χ0) is 17.8. The van der Waals surface area contributed by atoms with Crippen molar-refractivity contribution in [3.63, 3.8) is 0 Å². The fourth-order valence-electron chi connectivity index (χ4n) is 3.46. The van der Waals surface area contributed by atoms with Crippen molar-refractivity contribution < 1.29 is 4.74 Å². The Kier molecular flexibility index (Phi) is 5.04. The largest absolute Gasteiger partial charge is 0.375 e. The van der Waals surface area contributed by atoms with Crippen LogP contribution < -0.4 is 0 Å². The van der Waals surface area contributed by atoms with Crippen molar-refractivity contribution in [3.8, 4) is 0 Å². The van der Waals surface area contributed by atoms with Gasteiger partial charge >= 0.3 is 0 Å². The summed E-state index contributed by atoms with van der Waals surface area (Å²) in [4.78, 5) is 6.87. The average Bonchev–Trinajstić information content (AvgIpc) is 3.06. The van der Waals surface area contributed by atoms with Gasteiger partial charge in [-0.2, -0.15) is 0 Å². The first-order valence-electron chi connectivity index (χ1n) is 8.95. The van der Waals surface area contributed by atoms with Gasteiger partial charge in [-0.15, -0.1) is 5.10 Å². The van der Waals surface area contributed by atoms with Gasteiger partial charge in [-0.25, -0.2) is 0 Å². The second-order valence-electron chi connectivity index (χ2n) is 6.60. The van der Waals surface area contributed by atoms with Gasteiger partial charge in [0.2, 0.25) is 0 Å². The van der Waals surface area contributed by atoms with E-state index in [0.717, 1.165) is 30.9 Å². The van der Waals surface area contributed by atoms with Gasteiger partial charge in [0.1, 0.15) is 5.69 Å². The lowest BCUT2D eigenvalue weighted by Crippen LogP contribution is -2.38. The number of rotatable bonds is 6. The predicted octanol–water partition coefficient (Wildman–Crippen LogP) is 2.53. The number of aryl methyl sites for hydroxylation is 1. The number of hydrogen-bond acceptors (Lipinski definition) is 5. The van der Waals surface area contributed by atoms with Crippen LogP contribution in [0, 0.1) is 0 Å². The Hall–Kier alpha value is -2.57. The minimum atomic E-state index is 0.0955. The van der Waals surface area contributed by atoms with Crippen LogP contribution in [0.15, 0.2) is 54.7 Å². The first-order chi connectivity index (χ1) is 12.8. The van der Waals surface area contributed by atoms with E-state index in [2.05, 4.69) is 38.4 Å². The highest BCUT2D eigenvalue weighted by molar-refractivity contribution is 5.20. The number of pyridine rings is 1. The van der Waals surface area contributed by atoms with E-state index in [4.69, 9.17) is 4.74 Å². The highest BCUT2D eigenvalue weighted by atomic mass is 16.5. The second-order valence-corrected chi connectivity index (χ2v) is 6.60. The number of fused-ring (bicyclic) bond motifs is 1. The SMILES string of the molecule is Cn1nnc2c1CCN(Cc1ccccn1)[C@H]2COCc1ccccc1. The topological polar surface area (TPSA) is 56.1 Å². The lowest BCUT2D eigenvalue weighted by Gasteiger charge is -2.34. The molecule has 0 saturated heterocycles. The Labute approximate surface area is 153 Å². The molecule has 0 amide bonds. The minimum absolute atomic E-state index is 0.0955. The fraction of sp³-hybridized carbons (Fsp3) is 0.350. The molecule has 0 unspecified atom stereocenters. The molecule has 4 rings (SSSR count). The van der Waals surface area contributed by atoms with Crippen molar-refractivity contribution >= 4 is 0 Å². The quantitative estimate of drug-likeness (QED) is 0.684. The second kappa shape index (κ2) is 7.76. The van der Waals surface area contributed by atoms with Crippen LogP contribution in [0.3, 0.4) is 0 Å². The summed E-state index contributed by atoms with van der Waals surface area (Å²) in [6.07, 6.45) is 2.79. The summed E-state index contributed by atoms with van der Waals surface area (Å²) in [5, 5.41) is 8.65. The van der Waals surface area contributed by atoms with Crippen LogP contribution >= 0.6 is 0 Å². The molecule has 3 aromatic rings. The maximum atomic E-state index is 6.05. The molecule has 3 heterocycles. The van der Waals surface area contributed by atoms with Gasteiger partial charge in [-0.3, -0.25) is 14.6 Å². The number of benzene rings is 1. The molecule has 6 nitrogen and oxygen atoms in total. The molecule has 1 aliphatic heterocycles. The van der Waals surface area contributed by atoms with Crippen molar-refractivity contribution in [2.45, 2.75) is 25.6 Å². The molecular weight excluding hydrogens is 326 g/mol. The van der Waals surface area contributed by atoms with Crippen molar-refractivity contribution in [1.29, 1.82) is 0 Å². The number of hydrogen-bond donors (Lipinski definition) is 0. The van der Waals surface area contributed by atoms with E-state index in [1.165, 1.54) is 11.3 Å². The fourth-order valence-corrected chi connectivity index (χ4v) is 3.46. The zero-order valence-electron chi connectivity index (χ0n) is 15.0. The molecule has 0 radical (unpaired) electrons. The highest BCUT2D eigenvalue weighted by Gasteiger charge is 2.31. The van der Waals surface area contributed by atoms with E-state index in [1.807, 2.05) is 48.3 Å². The summed E-state index contributed by atoms with van der Waals surface area (Å²) >= 11 is 0. The van der Waals surface area contributed by atoms with Crippen LogP contribution in [-0.4, -0.2) is 38.0 Å². The predicted molar refractivity (Wildman–Crippen MR) is 98.2 cm³/mol. The van der Waals surface area contributed by atoms with Gasteiger partial charge in [-0.05, 0) is 17.7 Å². The molecule has 6 heteroatoms. The van der Waals surface area contributed by atoms with Gasteiger partial charge in [0.25, 0.3) is 0 Å². The van der Waals surface area contributed by atoms with Crippen molar-refractivity contribution in [2.75, 3.05) is 13.2 Å². The third-order valence-corrected chi connectivity index (χ3v) is 4.84. The minimum Gasteiger partial charge on any atom is -0.375 e. The summed E-state index contributed by atoms with van der Waals surface area (Å²) < 4.78 is 7.94. The number of aromatic nitrogens is 4. The van der Waals surface area contributed by atoms with Crippen molar-refractivity contribution in [3.05, 3.63) is 77.4 Å². The van der Waals surface area contributed by atoms with Crippen LogP contribution in [0.1, 0.15) is 28.7 Å². The van der Waals surface area contributed by atoms with Crippen LogP contribution in [0.4, 0.5) is 0 Å². The Balaban J connectivity index is 1.49. The first kappa shape index (κ1) is 16.9. The molecular formula is C20H23N5O. The average molecular weight is 349 g/mol. The molecule has 0 fully saturated rings. The van der Waals surface area contributed by atoms with Crippen molar-refractivity contribution in [2.24, 2.45) is 7.05 Å². The summed E-state index contributed by atoms with van der Waals surface area (Å²) in [6, 6.07) is 16.4. The normalized spacial score (nSPS) is 17.2. The molecule has 0 spiro atoms. The lowest BCUT2D eigenvalue weighted by molar-refractivity contribution is 0.0384. The van der Waals surface area contributed by atoms with Gasteiger partial charge in [0.15, 0.2) is 0 Å². The Bertz CT molecular complexity index is 834.